The highest BCUT2D eigenvalue weighted by atomic mass is 19.1. The maximum Gasteiger partial charge on any atom is 0.123 e. The van der Waals surface area contributed by atoms with Gasteiger partial charge in [-0.1, -0.05) is 12.1 Å². The SMILES string of the molecule is CN1C[C@@H]2CC[C@@H](c3ccc(F)cc3)[C@@H]2C1. The second-order valence-electron chi connectivity index (χ2n) is 5.38. The maximum atomic E-state index is 12.9. The molecule has 3 rings (SSSR count). The third-order valence-corrected chi connectivity index (χ3v) is 4.34. The molecule has 3 atom stereocenters. The van der Waals surface area contributed by atoms with Crippen molar-refractivity contribution in [2.75, 3.05) is 20.1 Å². The van der Waals surface area contributed by atoms with Gasteiger partial charge in [0.2, 0.25) is 0 Å². The largest absolute Gasteiger partial charge is 0.306 e. The maximum absolute atomic E-state index is 12.9. The van der Waals surface area contributed by atoms with Crippen LogP contribution in [-0.2, 0) is 0 Å². The second-order valence-corrected chi connectivity index (χ2v) is 5.38. The zero-order chi connectivity index (χ0) is 11.1. The van der Waals surface area contributed by atoms with Crippen LogP contribution in [0.3, 0.4) is 0 Å². The molecule has 16 heavy (non-hydrogen) atoms. The Kier molecular flexibility index (Phi) is 2.47. The number of halogens is 1. The van der Waals surface area contributed by atoms with Crippen molar-refractivity contribution >= 4 is 0 Å². The molecule has 2 heteroatoms. The first-order chi connectivity index (χ1) is 7.74. The molecule has 1 saturated carbocycles. The van der Waals surface area contributed by atoms with E-state index in [0.29, 0.717) is 5.92 Å². The van der Waals surface area contributed by atoms with Crippen molar-refractivity contribution in [1.29, 1.82) is 0 Å². The Labute approximate surface area is 96.3 Å². The van der Waals surface area contributed by atoms with E-state index in [-0.39, 0.29) is 5.82 Å². The lowest BCUT2D eigenvalue weighted by Gasteiger charge is -2.19. The van der Waals surface area contributed by atoms with E-state index in [1.54, 1.807) is 12.1 Å². The summed E-state index contributed by atoms with van der Waals surface area (Å²) in [4.78, 5) is 2.44. The average Bonchev–Trinajstić information content (AvgIpc) is 2.78. The highest BCUT2D eigenvalue weighted by Gasteiger charge is 2.41. The lowest BCUT2D eigenvalue weighted by atomic mass is 9.87. The van der Waals surface area contributed by atoms with E-state index in [2.05, 4.69) is 11.9 Å². The summed E-state index contributed by atoms with van der Waals surface area (Å²) in [6.45, 7) is 2.47. The van der Waals surface area contributed by atoms with Crippen molar-refractivity contribution in [2.45, 2.75) is 18.8 Å². The number of likely N-dealkylation sites (tertiary alicyclic amines) is 1. The number of hydrogen-bond donors (Lipinski definition) is 0. The van der Waals surface area contributed by atoms with Crippen LogP contribution in [-0.4, -0.2) is 25.0 Å². The van der Waals surface area contributed by atoms with Crippen LogP contribution in [0.2, 0.25) is 0 Å². The predicted octanol–water partition coefficient (Wildman–Crippen LogP) is 2.88. The van der Waals surface area contributed by atoms with Gasteiger partial charge >= 0.3 is 0 Å². The first-order valence-electron chi connectivity index (χ1n) is 6.18. The van der Waals surface area contributed by atoms with Gasteiger partial charge in [0.1, 0.15) is 5.82 Å². The van der Waals surface area contributed by atoms with Gasteiger partial charge in [0.15, 0.2) is 0 Å². The summed E-state index contributed by atoms with van der Waals surface area (Å²) in [5, 5.41) is 0. The lowest BCUT2D eigenvalue weighted by Crippen LogP contribution is -2.17. The number of nitrogens with zero attached hydrogens (tertiary/aromatic N) is 1. The van der Waals surface area contributed by atoms with Crippen molar-refractivity contribution in [1.82, 2.24) is 4.90 Å². The van der Waals surface area contributed by atoms with E-state index in [1.807, 2.05) is 12.1 Å². The summed E-state index contributed by atoms with van der Waals surface area (Å²) in [5.74, 6) is 2.22. The van der Waals surface area contributed by atoms with Crippen molar-refractivity contribution in [3.05, 3.63) is 35.6 Å². The van der Waals surface area contributed by atoms with Crippen LogP contribution >= 0.6 is 0 Å². The fraction of sp³-hybridized carbons (Fsp3) is 0.571. The molecule has 0 N–H and O–H groups in total. The van der Waals surface area contributed by atoms with Crippen LogP contribution in [0.4, 0.5) is 4.39 Å². The summed E-state index contributed by atoms with van der Waals surface area (Å²) in [5.41, 5.74) is 1.34. The van der Waals surface area contributed by atoms with Crippen LogP contribution in [0.25, 0.3) is 0 Å². The van der Waals surface area contributed by atoms with Gasteiger partial charge in [-0.25, -0.2) is 4.39 Å². The molecule has 1 nitrogen and oxygen atoms in total. The summed E-state index contributed by atoms with van der Waals surface area (Å²) < 4.78 is 12.9. The molecule has 1 saturated heterocycles. The van der Waals surface area contributed by atoms with E-state index >= 15 is 0 Å². The molecule has 0 aromatic heterocycles. The molecule has 0 radical (unpaired) electrons. The fourth-order valence-electron chi connectivity index (χ4n) is 3.61. The third kappa shape index (κ3) is 1.65. The van der Waals surface area contributed by atoms with Gasteiger partial charge in [0.25, 0.3) is 0 Å². The molecule has 2 aliphatic rings. The Balaban J connectivity index is 1.83. The van der Waals surface area contributed by atoms with E-state index in [4.69, 9.17) is 0 Å². The molecule has 0 spiro atoms. The highest BCUT2D eigenvalue weighted by Crippen LogP contribution is 2.46. The lowest BCUT2D eigenvalue weighted by molar-refractivity contribution is 0.369. The smallest absolute Gasteiger partial charge is 0.123 e. The van der Waals surface area contributed by atoms with Gasteiger partial charge in [-0.3, -0.25) is 0 Å². The van der Waals surface area contributed by atoms with E-state index in [0.717, 1.165) is 11.8 Å². The zero-order valence-electron chi connectivity index (χ0n) is 9.70. The molecule has 1 aromatic carbocycles. The monoisotopic (exact) mass is 219 g/mol. The molecule has 1 heterocycles. The molecular weight excluding hydrogens is 201 g/mol. The Hall–Kier alpha value is -0.890. The van der Waals surface area contributed by atoms with Crippen LogP contribution in [0.5, 0.6) is 0 Å². The van der Waals surface area contributed by atoms with E-state index < -0.39 is 0 Å². The Morgan fingerprint density at radius 3 is 2.62 bits per heavy atom. The van der Waals surface area contributed by atoms with Crippen LogP contribution < -0.4 is 0 Å². The number of rotatable bonds is 1. The van der Waals surface area contributed by atoms with Crippen molar-refractivity contribution < 1.29 is 4.39 Å². The van der Waals surface area contributed by atoms with Crippen molar-refractivity contribution in [3.63, 3.8) is 0 Å². The normalized spacial score (nSPS) is 34.2. The van der Waals surface area contributed by atoms with E-state index in [1.165, 1.54) is 31.5 Å². The summed E-state index contributed by atoms with van der Waals surface area (Å²) in [6, 6.07) is 7.14. The first kappa shape index (κ1) is 10.3. The Bertz CT molecular complexity index is 373. The van der Waals surface area contributed by atoms with Gasteiger partial charge in [-0.2, -0.15) is 0 Å². The minimum absolute atomic E-state index is 0.123. The van der Waals surface area contributed by atoms with Crippen LogP contribution in [0.1, 0.15) is 24.3 Å². The minimum atomic E-state index is -0.123. The van der Waals surface area contributed by atoms with Crippen LogP contribution in [0.15, 0.2) is 24.3 Å². The zero-order valence-corrected chi connectivity index (χ0v) is 9.70. The second kappa shape index (κ2) is 3.85. The molecule has 1 aromatic rings. The molecule has 1 aliphatic heterocycles. The van der Waals surface area contributed by atoms with Crippen LogP contribution in [0, 0.1) is 17.7 Å². The quantitative estimate of drug-likeness (QED) is 0.702. The van der Waals surface area contributed by atoms with E-state index in [9.17, 15) is 4.39 Å². The van der Waals surface area contributed by atoms with Gasteiger partial charge in [-0.05, 0) is 55.3 Å². The fourth-order valence-corrected chi connectivity index (χ4v) is 3.61. The van der Waals surface area contributed by atoms with Crippen molar-refractivity contribution in [2.24, 2.45) is 11.8 Å². The molecule has 0 unspecified atom stereocenters. The summed E-state index contributed by atoms with van der Waals surface area (Å²) >= 11 is 0. The highest BCUT2D eigenvalue weighted by molar-refractivity contribution is 5.23. The summed E-state index contributed by atoms with van der Waals surface area (Å²) in [7, 11) is 2.21. The Morgan fingerprint density at radius 2 is 1.88 bits per heavy atom. The average molecular weight is 219 g/mol. The minimum Gasteiger partial charge on any atom is -0.306 e. The third-order valence-electron chi connectivity index (χ3n) is 4.34. The standard InChI is InChI=1S/C14H18FN/c1-16-8-11-4-7-13(14(11)9-16)10-2-5-12(15)6-3-10/h2-3,5-6,11,13-14H,4,7-9H2,1H3/t11-,13-,14+/m0/s1. The van der Waals surface area contributed by atoms with Gasteiger partial charge in [0.05, 0.1) is 0 Å². The Morgan fingerprint density at radius 1 is 1.12 bits per heavy atom. The molecular formula is C14H18FN. The van der Waals surface area contributed by atoms with Gasteiger partial charge < -0.3 is 4.90 Å². The first-order valence-corrected chi connectivity index (χ1v) is 6.18. The van der Waals surface area contributed by atoms with Gasteiger partial charge in [0, 0.05) is 13.1 Å². The molecule has 1 aliphatic carbocycles. The predicted molar refractivity (Wildman–Crippen MR) is 62.9 cm³/mol. The molecule has 0 bridgehead atoms. The topological polar surface area (TPSA) is 3.24 Å². The van der Waals surface area contributed by atoms with Crippen molar-refractivity contribution in [3.8, 4) is 0 Å². The number of hydrogen-bond acceptors (Lipinski definition) is 1. The number of fused-ring (bicyclic) bond motifs is 1. The summed E-state index contributed by atoms with van der Waals surface area (Å²) in [6.07, 6.45) is 2.63. The molecule has 86 valence electrons. The number of benzene rings is 1. The molecule has 2 fully saturated rings. The van der Waals surface area contributed by atoms with Gasteiger partial charge in [-0.15, -0.1) is 0 Å². The molecule has 0 amide bonds.